The topological polar surface area (TPSA) is 24.9 Å². The van der Waals surface area contributed by atoms with Gasteiger partial charge in [0, 0.05) is 18.8 Å². The van der Waals surface area contributed by atoms with Crippen molar-refractivity contribution < 1.29 is 18.3 Å². The second-order valence-electron chi connectivity index (χ2n) is 5.99. The van der Waals surface area contributed by atoms with Crippen LogP contribution in [0.4, 0.5) is 8.78 Å². The van der Waals surface area contributed by atoms with Crippen LogP contribution in [-0.2, 0) is 9.47 Å². The minimum Gasteiger partial charge on any atom is -0.380 e. The number of likely N-dealkylation sites (N-methyl/N-ethyl adjacent to an activating group) is 1. The first kappa shape index (κ1) is 20.7. The molecular weight excluding hydrogens is 278 g/mol. The largest absolute Gasteiger partial charge is 0.380 e. The minimum absolute atomic E-state index is 0.257. The Morgan fingerprint density at radius 1 is 1.00 bits per heavy atom. The lowest BCUT2D eigenvalue weighted by atomic mass is 10.3. The summed E-state index contributed by atoms with van der Waals surface area (Å²) >= 11 is 0. The lowest BCUT2D eigenvalue weighted by Crippen LogP contribution is -2.36. The van der Waals surface area contributed by atoms with Gasteiger partial charge < -0.3 is 19.3 Å². The first-order valence-electron chi connectivity index (χ1n) is 7.54. The van der Waals surface area contributed by atoms with Crippen molar-refractivity contribution in [3.05, 3.63) is 0 Å². The summed E-state index contributed by atoms with van der Waals surface area (Å²) in [6.07, 6.45) is 2.61. The maximum Gasteiger partial charge on any atom is 0.283 e. The van der Waals surface area contributed by atoms with Crippen LogP contribution in [-0.4, -0.2) is 82.4 Å². The molecule has 21 heavy (non-hydrogen) atoms. The number of hydrogen-bond acceptors (Lipinski definition) is 4. The van der Waals surface area contributed by atoms with Crippen LogP contribution >= 0.6 is 0 Å². The first-order chi connectivity index (χ1) is 9.69. The van der Waals surface area contributed by atoms with Gasteiger partial charge in [-0.25, -0.2) is 8.78 Å². The summed E-state index contributed by atoms with van der Waals surface area (Å²) in [5.74, 6) is -2.72. The van der Waals surface area contributed by atoms with Crippen LogP contribution in [0.2, 0.25) is 0 Å². The van der Waals surface area contributed by atoms with E-state index in [1.807, 2.05) is 6.92 Å². The van der Waals surface area contributed by atoms with Gasteiger partial charge in [-0.15, -0.1) is 0 Å². The molecular formula is C15H32F2N2O2. The van der Waals surface area contributed by atoms with E-state index in [1.165, 1.54) is 17.7 Å². The van der Waals surface area contributed by atoms with Crippen molar-refractivity contribution in [3.63, 3.8) is 0 Å². The van der Waals surface area contributed by atoms with E-state index < -0.39 is 12.5 Å². The van der Waals surface area contributed by atoms with E-state index in [9.17, 15) is 8.78 Å². The summed E-state index contributed by atoms with van der Waals surface area (Å²) in [5.41, 5.74) is 0.413. The summed E-state index contributed by atoms with van der Waals surface area (Å²) in [6, 6.07) is 0. The molecule has 0 saturated heterocycles. The molecule has 0 aromatic heterocycles. The van der Waals surface area contributed by atoms with Gasteiger partial charge in [0.1, 0.15) is 6.61 Å². The second-order valence-corrected chi connectivity index (χ2v) is 5.99. The summed E-state index contributed by atoms with van der Waals surface area (Å²) in [7, 11) is 7.48. The standard InChI is InChI=1S/C8H17NO.C7H15F2NO/c1-4-10-7-8(5-6-8)9(2)3;1-4-11-6-7(8,9)5-10(2)3/h4-7H2,1-3H3;4-6H2,1-3H3. The molecule has 1 aliphatic carbocycles. The zero-order valence-electron chi connectivity index (χ0n) is 14.4. The van der Waals surface area contributed by atoms with E-state index in [1.54, 1.807) is 21.0 Å². The number of nitrogens with zero attached hydrogens (tertiary/aromatic N) is 2. The van der Waals surface area contributed by atoms with Crippen LogP contribution in [0.5, 0.6) is 0 Å². The molecule has 0 aliphatic heterocycles. The maximum atomic E-state index is 12.7. The van der Waals surface area contributed by atoms with Crippen molar-refractivity contribution in [1.82, 2.24) is 9.80 Å². The van der Waals surface area contributed by atoms with Crippen LogP contribution in [0.3, 0.4) is 0 Å². The molecule has 6 heteroatoms. The van der Waals surface area contributed by atoms with Gasteiger partial charge in [-0.2, -0.15) is 0 Å². The van der Waals surface area contributed by atoms with E-state index in [0.29, 0.717) is 12.1 Å². The first-order valence-corrected chi connectivity index (χ1v) is 7.54. The predicted molar refractivity (Wildman–Crippen MR) is 82.1 cm³/mol. The molecule has 1 aliphatic rings. The third-order valence-corrected chi connectivity index (χ3v) is 3.42. The number of hydrogen-bond donors (Lipinski definition) is 0. The van der Waals surface area contributed by atoms with Gasteiger partial charge >= 0.3 is 0 Å². The Hall–Kier alpha value is -0.300. The molecule has 0 atom stereocenters. The van der Waals surface area contributed by atoms with Crippen molar-refractivity contribution in [2.24, 2.45) is 0 Å². The molecule has 0 N–H and O–H groups in total. The number of rotatable bonds is 9. The zero-order chi connectivity index (χ0) is 16.5. The predicted octanol–water partition coefficient (Wildman–Crippen LogP) is 2.34. The molecule has 0 bridgehead atoms. The van der Waals surface area contributed by atoms with Crippen molar-refractivity contribution in [3.8, 4) is 0 Å². The fourth-order valence-electron chi connectivity index (χ4n) is 1.92. The van der Waals surface area contributed by atoms with Gasteiger partial charge in [0.25, 0.3) is 5.92 Å². The van der Waals surface area contributed by atoms with Gasteiger partial charge in [-0.05, 0) is 54.9 Å². The summed E-state index contributed by atoms with van der Waals surface area (Å²) < 4.78 is 35.4. The van der Waals surface area contributed by atoms with Crippen molar-refractivity contribution >= 4 is 0 Å². The molecule has 0 radical (unpaired) electrons. The molecule has 0 amide bonds. The summed E-state index contributed by atoms with van der Waals surface area (Å²) in [5, 5.41) is 0. The van der Waals surface area contributed by atoms with E-state index in [4.69, 9.17) is 4.74 Å². The van der Waals surface area contributed by atoms with Crippen LogP contribution in [0.15, 0.2) is 0 Å². The molecule has 0 heterocycles. The molecule has 0 aromatic carbocycles. The Morgan fingerprint density at radius 3 is 1.86 bits per heavy atom. The van der Waals surface area contributed by atoms with Crippen molar-refractivity contribution in [1.29, 1.82) is 0 Å². The average Bonchev–Trinajstić information content (AvgIpc) is 3.14. The fraction of sp³-hybridized carbons (Fsp3) is 1.00. The summed E-state index contributed by atoms with van der Waals surface area (Å²) in [6.45, 7) is 5.10. The van der Waals surface area contributed by atoms with Gasteiger partial charge in [0.05, 0.1) is 13.2 Å². The average molecular weight is 310 g/mol. The Bertz CT molecular complexity index is 270. The van der Waals surface area contributed by atoms with Gasteiger partial charge in [0.2, 0.25) is 0 Å². The molecule has 0 spiro atoms. The molecule has 1 rings (SSSR count). The number of alkyl halides is 2. The van der Waals surface area contributed by atoms with Crippen LogP contribution in [0.1, 0.15) is 26.7 Å². The Kier molecular flexibility index (Phi) is 9.53. The highest BCUT2D eigenvalue weighted by Crippen LogP contribution is 2.39. The molecule has 4 nitrogen and oxygen atoms in total. The Balaban J connectivity index is 0.000000382. The second kappa shape index (κ2) is 9.66. The highest BCUT2D eigenvalue weighted by molar-refractivity contribution is 5.01. The molecule has 0 aromatic rings. The quantitative estimate of drug-likeness (QED) is 0.652. The monoisotopic (exact) mass is 310 g/mol. The van der Waals surface area contributed by atoms with E-state index in [-0.39, 0.29) is 6.54 Å². The third kappa shape index (κ3) is 9.34. The molecule has 0 unspecified atom stereocenters. The number of halogens is 2. The highest BCUT2D eigenvalue weighted by Gasteiger charge is 2.44. The van der Waals surface area contributed by atoms with Crippen LogP contribution in [0.25, 0.3) is 0 Å². The normalized spacial score (nSPS) is 16.9. The Morgan fingerprint density at radius 2 is 1.52 bits per heavy atom. The van der Waals surface area contributed by atoms with Gasteiger partial charge in [-0.1, -0.05) is 0 Å². The lowest BCUT2D eigenvalue weighted by molar-refractivity contribution is -0.0865. The Labute approximate surface area is 128 Å². The lowest BCUT2D eigenvalue weighted by Gasteiger charge is -2.22. The van der Waals surface area contributed by atoms with Crippen molar-refractivity contribution in [2.75, 3.05) is 61.2 Å². The third-order valence-electron chi connectivity index (χ3n) is 3.42. The van der Waals surface area contributed by atoms with E-state index in [2.05, 4.69) is 23.7 Å². The minimum atomic E-state index is -2.72. The smallest absolute Gasteiger partial charge is 0.283 e. The summed E-state index contributed by atoms with van der Waals surface area (Å²) in [4.78, 5) is 3.72. The van der Waals surface area contributed by atoms with Gasteiger partial charge in [0.15, 0.2) is 0 Å². The molecule has 128 valence electrons. The highest BCUT2D eigenvalue weighted by atomic mass is 19.3. The zero-order valence-corrected chi connectivity index (χ0v) is 14.4. The van der Waals surface area contributed by atoms with Crippen molar-refractivity contribution in [2.45, 2.75) is 38.2 Å². The van der Waals surface area contributed by atoms with Crippen LogP contribution in [0, 0.1) is 0 Å². The molecule has 1 saturated carbocycles. The SMILES string of the molecule is CCOCC(F)(F)CN(C)C.CCOCC1(N(C)C)CC1. The van der Waals surface area contributed by atoms with E-state index in [0.717, 1.165) is 13.2 Å². The maximum absolute atomic E-state index is 12.7. The van der Waals surface area contributed by atoms with Gasteiger partial charge in [-0.3, -0.25) is 0 Å². The number of ether oxygens (including phenoxy) is 2. The van der Waals surface area contributed by atoms with Crippen LogP contribution < -0.4 is 0 Å². The molecule has 1 fully saturated rings. The fourth-order valence-corrected chi connectivity index (χ4v) is 1.92. The van der Waals surface area contributed by atoms with E-state index >= 15 is 0 Å².